The molecule has 1 aliphatic carbocycles. The summed E-state index contributed by atoms with van der Waals surface area (Å²) < 4.78 is 28.6. The Morgan fingerprint density at radius 2 is 2.06 bits per heavy atom. The number of carboxylic acid groups (broad SMARTS) is 1. The van der Waals surface area contributed by atoms with Gasteiger partial charge in [0.2, 0.25) is 0 Å². The number of methoxy groups -OCH3 is 1. The normalized spacial score (nSPS) is 20.4. The lowest BCUT2D eigenvalue weighted by atomic mass is 10.1. The van der Waals surface area contributed by atoms with Crippen molar-refractivity contribution in [1.82, 2.24) is 0 Å². The Hall–Kier alpha value is -0.620. The second-order valence-electron chi connectivity index (χ2n) is 4.64. The predicted molar refractivity (Wildman–Crippen MR) is 59.0 cm³/mol. The number of rotatable bonds is 7. The van der Waals surface area contributed by atoms with Crippen LogP contribution in [0, 0.1) is 5.41 Å². The van der Waals surface area contributed by atoms with E-state index in [-0.39, 0.29) is 18.8 Å². The maximum Gasteiger partial charge on any atom is 0.303 e. The summed E-state index contributed by atoms with van der Waals surface area (Å²) in [7, 11) is -1.80. The molecule has 1 aliphatic rings. The Balaban J connectivity index is 2.62. The van der Waals surface area contributed by atoms with Crippen LogP contribution in [0.1, 0.15) is 26.2 Å². The van der Waals surface area contributed by atoms with Gasteiger partial charge in [-0.3, -0.25) is 4.79 Å². The molecule has 6 heteroatoms. The van der Waals surface area contributed by atoms with Crippen LogP contribution in [-0.4, -0.2) is 44.2 Å². The first kappa shape index (κ1) is 13.4. The second-order valence-corrected chi connectivity index (χ2v) is 7.06. The Labute approximate surface area is 95.7 Å². The second kappa shape index (κ2) is 4.71. The van der Waals surface area contributed by atoms with E-state index in [4.69, 9.17) is 9.84 Å². The first-order chi connectivity index (χ1) is 7.31. The summed E-state index contributed by atoms with van der Waals surface area (Å²) in [5.74, 6) is -0.955. The maximum atomic E-state index is 11.9. The zero-order chi connectivity index (χ0) is 12.4. The van der Waals surface area contributed by atoms with Crippen LogP contribution in [0.25, 0.3) is 0 Å². The fourth-order valence-electron chi connectivity index (χ4n) is 1.78. The monoisotopic (exact) mass is 250 g/mol. The van der Waals surface area contributed by atoms with Crippen molar-refractivity contribution in [2.24, 2.45) is 5.41 Å². The summed E-state index contributed by atoms with van der Waals surface area (Å²) in [6.45, 7) is 1.75. The van der Waals surface area contributed by atoms with Gasteiger partial charge in [0, 0.05) is 7.11 Å². The van der Waals surface area contributed by atoms with Crippen LogP contribution >= 0.6 is 0 Å². The molecular weight excluding hydrogens is 232 g/mol. The molecule has 0 aliphatic heterocycles. The van der Waals surface area contributed by atoms with E-state index in [2.05, 4.69) is 0 Å². The Morgan fingerprint density at radius 1 is 1.50 bits per heavy atom. The van der Waals surface area contributed by atoms with Crippen LogP contribution in [0.3, 0.4) is 0 Å². The van der Waals surface area contributed by atoms with Gasteiger partial charge in [0.05, 0.1) is 24.0 Å². The van der Waals surface area contributed by atoms with Gasteiger partial charge in [-0.2, -0.15) is 0 Å². The van der Waals surface area contributed by atoms with Gasteiger partial charge in [0.15, 0.2) is 9.84 Å². The molecule has 0 spiro atoms. The summed E-state index contributed by atoms with van der Waals surface area (Å²) in [5, 5.41) is 8.14. The molecule has 94 valence electrons. The first-order valence-electron chi connectivity index (χ1n) is 5.24. The minimum atomic E-state index is -3.25. The van der Waals surface area contributed by atoms with E-state index >= 15 is 0 Å². The van der Waals surface area contributed by atoms with Gasteiger partial charge in [-0.25, -0.2) is 8.42 Å². The van der Waals surface area contributed by atoms with Crippen molar-refractivity contribution in [2.75, 3.05) is 19.5 Å². The lowest BCUT2D eigenvalue weighted by Crippen LogP contribution is -2.30. The Bertz CT molecular complexity index is 355. The lowest BCUT2D eigenvalue weighted by molar-refractivity contribution is -0.138. The summed E-state index contributed by atoms with van der Waals surface area (Å²) >= 11 is 0. The number of hydrogen-bond acceptors (Lipinski definition) is 4. The van der Waals surface area contributed by atoms with Crippen molar-refractivity contribution in [3.8, 4) is 0 Å². The van der Waals surface area contributed by atoms with Crippen LogP contribution in [0.15, 0.2) is 0 Å². The summed E-state index contributed by atoms with van der Waals surface area (Å²) in [6, 6.07) is 0. The van der Waals surface area contributed by atoms with Crippen molar-refractivity contribution >= 4 is 15.8 Å². The molecule has 0 aromatic rings. The van der Waals surface area contributed by atoms with E-state index < -0.39 is 26.5 Å². The number of ether oxygens (including phenoxy) is 1. The Morgan fingerprint density at radius 3 is 2.44 bits per heavy atom. The molecule has 0 radical (unpaired) electrons. The third kappa shape index (κ3) is 3.45. The van der Waals surface area contributed by atoms with Crippen LogP contribution < -0.4 is 0 Å². The molecule has 1 fully saturated rings. The van der Waals surface area contributed by atoms with E-state index in [9.17, 15) is 13.2 Å². The molecule has 0 bridgehead atoms. The predicted octanol–water partition coefficient (Wildman–Crippen LogP) is 0.691. The molecule has 0 amide bonds. The van der Waals surface area contributed by atoms with E-state index in [1.165, 1.54) is 7.11 Å². The van der Waals surface area contributed by atoms with Gasteiger partial charge in [0.1, 0.15) is 0 Å². The zero-order valence-corrected chi connectivity index (χ0v) is 10.4. The van der Waals surface area contributed by atoms with E-state index in [1.54, 1.807) is 6.92 Å². The Kier molecular flexibility index (Phi) is 3.96. The maximum absolute atomic E-state index is 11.9. The van der Waals surface area contributed by atoms with Crippen LogP contribution in [-0.2, 0) is 19.4 Å². The number of hydrogen-bond donors (Lipinski definition) is 1. The third-order valence-corrected chi connectivity index (χ3v) is 5.38. The molecule has 1 N–H and O–H groups in total. The lowest BCUT2D eigenvalue weighted by Gasteiger charge is -2.17. The molecule has 0 aromatic carbocycles. The molecule has 16 heavy (non-hydrogen) atoms. The number of sulfone groups is 1. The van der Waals surface area contributed by atoms with E-state index in [0.717, 1.165) is 0 Å². The first-order valence-corrected chi connectivity index (χ1v) is 6.95. The quantitative estimate of drug-likeness (QED) is 0.719. The van der Waals surface area contributed by atoms with Gasteiger partial charge >= 0.3 is 5.97 Å². The minimum Gasteiger partial charge on any atom is -0.481 e. The highest BCUT2D eigenvalue weighted by Crippen LogP contribution is 2.50. The van der Waals surface area contributed by atoms with Gasteiger partial charge in [0.25, 0.3) is 0 Å². The van der Waals surface area contributed by atoms with Crippen LogP contribution in [0.5, 0.6) is 0 Å². The minimum absolute atomic E-state index is 0.0309. The molecule has 1 saturated carbocycles. The van der Waals surface area contributed by atoms with E-state index in [0.29, 0.717) is 12.8 Å². The van der Waals surface area contributed by atoms with Gasteiger partial charge in [-0.1, -0.05) is 0 Å². The van der Waals surface area contributed by atoms with Crippen molar-refractivity contribution < 1.29 is 23.1 Å². The van der Waals surface area contributed by atoms with Crippen molar-refractivity contribution in [3.05, 3.63) is 0 Å². The van der Waals surface area contributed by atoms with Crippen LogP contribution in [0.4, 0.5) is 0 Å². The summed E-state index contributed by atoms with van der Waals surface area (Å²) in [4.78, 5) is 10.6. The topological polar surface area (TPSA) is 80.7 Å². The van der Waals surface area contributed by atoms with Crippen molar-refractivity contribution in [3.63, 3.8) is 0 Å². The molecular formula is C10H18O5S. The highest BCUT2D eigenvalue weighted by atomic mass is 32.2. The van der Waals surface area contributed by atoms with Crippen molar-refractivity contribution in [1.29, 1.82) is 0 Å². The molecule has 0 saturated heterocycles. The van der Waals surface area contributed by atoms with Gasteiger partial charge in [-0.05, 0) is 25.2 Å². The highest BCUT2D eigenvalue weighted by molar-refractivity contribution is 7.92. The number of carboxylic acids is 1. The smallest absolute Gasteiger partial charge is 0.303 e. The molecule has 5 nitrogen and oxygen atoms in total. The molecule has 0 aromatic heterocycles. The molecule has 1 rings (SSSR count). The molecule has 1 atom stereocenters. The summed E-state index contributed by atoms with van der Waals surface area (Å²) in [5.41, 5.74) is -0.507. The molecule has 1 unspecified atom stereocenters. The standard InChI is InChI=1S/C10H18O5S/c1-8(6-15-2)16(13,14)7-10(3-4-10)5-9(11)12/h8H,3-7H2,1-2H3,(H,11,12). The fraction of sp³-hybridized carbons (Fsp3) is 0.900. The number of carbonyl (C=O) groups is 1. The average molecular weight is 250 g/mol. The zero-order valence-electron chi connectivity index (χ0n) is 9.60. The largest absolute Gasteiger partial charge is 0.481 e. The fourth-order valence-corrected chi connectivity index (χ4v) is 3.65. The van der Waals surface area contributed by atoms with Crippen molar-refractivity contribution in [2.45, 2.75) is 31.4 Å². The summed E-state index contributed by atoms with van der Waals surface area (Å²) in [6.07, 6.45) is 1.34. The van der Waals surface area contributed by atoms with E-state index in [1.807, 2.05) is 0 Å². The number of aliphatic carboxylic acids is 1. The highest BCUT2D eigenvalue weighted by Gasteiger charge is 2.48. The SMILES string of the molecule is COCC(C)S(=O)(=O)CC1(CC(=O)O)CC1. The van der Waals surface area contributed by atoms with Gasteiger partial charge in [-0.15, -0.1) is 0 Å². The van der Waals surface area contributed by atoms with Crippen LogP contribution in [0.2, 0.25) is 0 Å². The third-order valence-electron chi connectivity index (χ3n) is 3.01. The van der Waals surface area contributed by atoms with Gasteiger partial charge < -0.3 is 9.84 Å². The average Bonchev–Trinajstić information content (AvgIpc) is 2.82. The molecule has 0 heterocycles.